The molecule has 0 bridgehead atoms. The number of benzene rings is 1. The smallest absolute Gasteiger partial charge is 0.124 e. The van der Waals surface area contributed by atoms with Crippen molar-refractivity contribution in [3.8, 4) is 0 Å². The summed E-state index contributed by atoms with van der Waals surface area (Å²) in [5.41, 5.74) is 1.65. The molecule has 0 fully saturated rings. The molecule has 1 aromatic heterocycles. The second kappa shape index (κ2) is 6.96. The molecule has 0 aliphatic carbocycles. The normalized spacial score (nSPS) is 13.1. The lowest BCUT2D eigenvalue weighted by Gasteiger charge is -2.17. The van der Waals surface area contributed by atoms with Gasteiger partial charge in [-0.1, -0.05) is 23.2 Å². The van der Waals surface area contributed by atoms with Crippen molar-refractivity contribution in [3.63, 3.8) is 0 Å². The van der Waals surface area contributed by atoms with E-state index >= 15 is 0 Å². The van der Waals surface area contributed by atoms with Crippen LogP contribution in [0.25, 0.3) is 11.0 Å². The maximum atomic E-state index is 6.08. The maximum Gasteiger partial charge on any atom is 0.124 e. The van der Waals surface area contributed by atoms with Crippen LogP contribution < -0.4 is 0 Å². The van der Waals surface area contributed by atoms with Gasteiger partial charge in [0.2, 0.25) is 0 Å². The van der Waals surface area contributed by atoms with Crippen LogP contribution in [0.1, 0.15) is 5.82 Å². The third kappa shape index (κ3) is 3.21. The van der Waals surface area contributed by atoms with E-state index in [9.17, 15) is 0 Å². The van der Waals surface area contributed by atoms with E-state index in [1.54, 1.807) is 26.4 Å². The Bertz CT molecular complexity index is 601. The summed E-state index contributed by atoms with van der Waals surface area (Å²) in [6.45, 7) is 1.07. The minimum Gasteiger partial charge on any atom is -0.382 e. The zero-order valence-electron chi connectivity index (χ0n) is 11.2. The molecular formula is C13H15Cl3N2O2. The predicted molar refractivity (Wildman–Crippen MR) is 82.0 cm³/mol. The summed E-state index contributed by atoms with van der Waals surface area (Å²) < 4.78 is 12.5. The number of hydrogen-bond donors (Lipinski definition) is 0. The highest BCUT2D eigenvalue weighted by molar-refractivity contribution is 6.42. The van der Waals surface area contributed by atoms with Crippen LogP contribution >= 0.6 is 34.8 Å². The summed E-state index contributed by atoms with van der Waals surface area (Å²) in [7, 11) is 3.28. The number of alkyl halides is 1. The van der Waals surface area contributed by atoms with Gasteiger partial charge in [-0.25, -0.2) is 4.98 Å². The molecule has 1 atom stereocenters. The van der Waals surface area contributed by atoms with Crippen molar-refractivity contribution in [2.24, 2.45) is 0 Å². The highest BCUT2D eigenvalue weighted by atomic mass is 35.5. The van der Waals surface area contributed by atoms with Crippen LogP contribution in [-0.2, 0) is 21.9 Å². The number of halogens is 3. The van der Waals surface area contributed by atoms with Gasteiger partial charge in [0.15, 0.2) is 0 Å². The Morgan fingerprint density at radius 2 is 1.95 bits per heavy atom. The Labute approximate surface area is 132 Å². The number of aromatic nitrogens is 2. The van der Waals surface area contributed by atoms with Gasteiger partial charge in [0, 0.05) is 14.2 Å². The number of ether oxygens (including phenoxy) is 2. The van der Waals surface area contributed by atoms with Crippen molar-refractivity contribution < 1.29 is 9.47 Å². The van der Waals surface area contributed by atoms with Crippen LogP contribution in [0.4, 0.5) is 0 Å². The number of rotatable bonds is 6. The summed E-state index contributed by atoms with van der Waals surface area (Å²) in [6, 6.07) is 3.53. The van der Waals surface area contributed by atoms with Crippen molar-refractivity contribution >= 4 is 45.8 Å². The maximum absolute atomic E-state index is 6.08. The first kappa shape index (κ1) is 15.9. The fraction of sp³-hybridized carbons (Fsp3) is 0.462. The van der Waals surface area contributed by atoms with E-state index in [1.807, 2.05) is 4.57 Å². The molecule has 0 aliphatic rings. The first-order valence-corrected chi connectivity index (χ1v) is 7.31. The number of nitrogens with zero attached hydrogens (tertiary/aromatic N) is 2. The molecule has 0 saturated heterocycles. The van der Waals surface area contributed by atoms with Crippen molar-refractivity contribution in [2.45, 2.75) is 18.5 Å². The van der Waals surface area contributed by atoms with E-state index < -0.39 is 0 Å². The molecule has 1 unspecified atom stereocenters. The Morgan fingerprint density at radius 3 is 2.55 bits per heavy atom. The SMILES string of the molecule is COCC(Cn1c(CCl)nc2cc(Cl)c(Cl)cc21)OC. The summed E-state index contributed by atoms with van der Waals surface area (Å²) >= 11 is 18.1. The van der Waals surface area contributed by atoms with Gasteiger partial charge in [-0.05, 0) is 12.1 Å². The molecular weight excluding hydrogens is 323 g/mol. The van der Waals surface area contributed by atoms with Crippen molar-refractivity contribution in [1.29, 1.82) is 0 Å². The van der Waals surface area contributed by atoms with Gasteiger partial charge in [-0.3, -0.25) is 0 Å². The molecule has 2 rings (SSSR count). The monoisotopic (exact) mass is 336 g/mol. The zero-order valence-corrected chi connectivity index (χ0v) is 13.5. The molecule has 0 amide bonds. The second-order valence-corrected chi connectivity index (χ2v) is 5.42. The molecule has 2 aromatic rings. The molecule has 4 nitrogen and oxygen atoms in total. The molecule has 1 aromatic carbocycles. The Balaban J connectivity index is 2.46. The summed E-state index contributed by atoms with van der Waals surface area (Å²) in [5, 5.41) is 0.965. The molecule has 0 aliphatic heterocycles. The van der Waals surface area contributed by atoms with E-state index in [4.69, 9.17) is 44.3 Å². The third-order valence-electron chi connectivity index (χ3n) is 3.06. The lowest BCUT2D eigenvalue weighted by atomic mass is 10.3. The van der Waals surface area contributed by atoms with Crippen LogP contribution in [0.2, 0.25) is 10.0 Å². The molecule has 7 heteroatoms. The molecule has 0 N–H and O–H groups in total. The third-order valence-corrected chi connectivity index (χ3v) is 4.02. The number of hydrogen-bond acceptors (Lipinski definition) is 3. The number of fused-ring (bicyclic) bond motifs is 1. The van der Waals surface area contributed by atoms with E-state index in [2.05, 4.69) is 4.98 Å². The summed E-state index contributed by atoms with van der Waals surface area (Å²) in [6.07, 6.45) is -0.0891. The van der Waals surface area contributed by atoms with Crippen molar-refractivity contribution in [2.75, 3.05) is 20.8 Å². The molecule has 1 heterocycles. The summed E-state index contributed by atoms with van der Waals surface area (Å²) in [4.78, 5) is 4.47. The first-order chi connectivity index (χ1) is 9.60. The van der Waals surface area contributed by atoms with Crippen molar-refractivity contribution in [3.05, 3.63) is 28.0 Å². The fourth-order valence-electron chi connectivity index (χ4n) is 2.06. The lowest BCUT2D eigenvalue weighted by Crippen LogP contribution is -2.24. The van der Waals surface area contributed by atoms with Crippen LogP contribution in [-0.4, -0.2) is 36.5 Å². The molecule has 20 heavy (non-hydrogen) atoms. The topological polar surface area (TPSA) is 36.3 Å². The Kier molecular flexibility index (Phi) is 5.52. The Morgan fingerprint density at radius 1 is 1.25 bits per heavy atom. The first-order valence-electron chi connectivity index (χ1n) is 6.02. The van der Waals surface area contributed by atoms with E-state index in [0.717, 1.165) is 16.9 Å². The average Bonchev–Trinajstić information content (AvgIpc) is 2.76. The van der Waals surface area contributed by atoms with E-state index in [0.29, 0.717) is 29.1 Å². The van der Waals surface area contributed by atoms with Crippen LogP contribution in [0, 0.1) is 0 Å². The lowest BCUT2D eigenvalue weighted by molar-refractivity contribution is 0.0186. The largest absolute Gasteiger partial charge is 0.382 e. The standard InChI is InChI=1S/C13H15Cl3N2O2/c1-19-7-8(20-2)6-18-12-4-10(16)9(15)3-11(12)17-13(18)5-14/h3-4,8H,5-7H2,1-2H3. The Hall–Kier alpha value is -0.520. The highest BCUT2D eigenvalue weighted by Gasteiger charge is 2.16. The van der Waals surface area contributed by atoms with Gasteiger partial charge in [0.1, 0.15) is 5.82 Å². The zero-order chi connectivity index (χ0) is 14.7. The molecule has 0 saturated carbocycles. The predicted octanol–water partition coefficient (Wildman–Crippen LogP) is 3.74. The van der Waals surface area contributed by atoms with Crippen LogP contribution in [0.5, 0.6) is 0 Å². The second-order valence-electron chi connectivity index (χ2n) is 4.34. The van der Waals surface area contributed by atoms with Gasteiger partial charge < -0.3 is 14.0 Å². The van der Waals surface area contributed by atoms with E-state index in [-0.39, 0.29) is 6.10 Å². The quantitative estimate of drug-likeness (QED) is 0.753. The van der Waals surface area contributed by atoms with Gasteiger partial charge in [-0.2, -0.15) is 0 Å². The minimum absolute atomic E-state index is 0.0891. The van der Waals surface area contributed by atoms with Crippen molar-refractivity contribution in [1.82, 2.24) is 9.55 Å². The van der Waals surface area contributed by atoms with Gasteiger partial charge in [0.25, 0.3) is 0 Å². The van der Waals surface area contributed by atoms with E-state index in [1.165, 1.54) is 0 Å². The fourth-order valence-corrected chi connectivity index (χ4v) is 2.58. The molecule has 110 valence electrons. The van der Waals surface area contributed by atoms with Crippen LogP contribution in [0.3, 0.4) is 0 Å². The van der Waals surface area contributed by atoms with Gasteiger partial charge >= 0.3 is 0 Å². The van der Waals surface area contributed by atoms with Crippen LogP contribution in [0.15, 0.2) is 12.1 Å². The molecule has 0 radical (unpaired) electrons. The average molecular weight is 338 g/mol. The number of imidazole rings is 1. The molecule has 0 spiro atoms. The summed E-state index contributed by atoms with van der Waals surface area (Å²) in [5.74, 6) is 1.05. The van der Waals surface area contributed by atoms with Gasteiger partial charge in [-0.15, -0.1) is 11.6 Å². The van der Waals surface area contributed by atoms with Gasteiger partial charge in [0.05, 0.1) is 46.2 Å². The number of methoxy groups -OCH3 is 2. The highest BCUT2D eigenvalue weighted by Crippen LogP contribution is 2.29. The minimum atomic E-state index is -0.0891.